The van der Waals surface area contributed by atoms with Crippen LogP contribution in [-0.4, -0.2) is 10.3 Å². The minimum Gasteiger partial charge on any atom is -0.344 e. The van der Waals surface area contributed by atoms with Gasteiger partial charge in [-0.25, -0.2) is 5.26 Å². The van der Waals surface area contributed by atoms with Gasteiger partial charge in [0.2, 0.25) is 0 Å². The number of hydrogen-bond acceptors (Lipinski definition) is 5. The van der Waals surface area contributed by atoms with Gasteiger partial charge in [-0.1, -0.05) is 0 Å². The topological polar surface area (TPSA) is 108 Å². The zero-order valence-corrected chi connectivity index (χ0v) is 2.83. The van der Waals surface area contributed by atoms with Crippen molar-refractivity contribution in [2.45, 2.75) is 0 Å². The summed E-state index contributed by atoms with van der Waals surface area (Å²) in [7, 11) is 0. The highest BCUT2D eigenvalue weighted by Crippen LogP contribution is 1.56. The standard InChI is InChI=1S/HNO4.H3N/c2-1(3)5-4;/h4H;1H3. The molecule has 4 N–H and O–H groups in total. The van der Waals surface area contributed by atoms with Crippen LogP contribution in [0.1, 0.15) is 0 Å². The molecular weight excluding hydrogens is 92.0 g/mol. The van der Waals surface area contributed by atoms with Crippen LogP contribution in [0.5, 0.6) is 0 Å². The molecule has 38 valence electrons. The van der Waals surface area contributed by atoms with Crippen LogP contribution in [0, 0.1) is 10.1 Å². The first-order valence-electron chi connectivity index (χ1n) is 0.730. The fraction of sp³-hybridized carbons (Fsp3) is 0. The molecular formula is H4N2O4. The van der Waals surface area contributed by atoms with E-state index in [9.17, 15) is 0 Å². The Balaban J connectivity index is 0. The summed E-state index contributed by atoms with van der Waals surface area (Å²) < 4.78 is 0. The zero-order chi connectivity index (χ0) is 4.28. The van der Waals surface area contributed by atoms with Crippen LogP contribution in [0.3, 0.4) is 0 Å². The lowest BCUT2D eigenvalue weighted by Gasteiger charge is -1.72. The first-order chi connectivity index (χ1) is 2.27. The maximum Gasteiger partial charge on any atom is 0.322 e. The van der Waals surface area contributed by atoms with Crippen LogP contribution in [0.15, 0.2) is 0 Å². The van der Waals surface area contributed by atoms with Crippen LogP contribution >= 0.6 is 0 Å². The Morgan fingerprint density at radius 2 is 2.00 bits per heavy atom. The molecule has 0 bridgehead atoms. The summed E-state index contributed by atoms with van der Waals surface area (Å²) in [6.07, 6.45) is 0. The first kappa shape index (κ1) is 8.93. The van der Waals surface area contributed by atoms with E-state index in [-0.39, 0.29) is 6.15 Å². The van der Waals surface area contributed by atoms with Crippen molar-refractivity contribution in [3.63, 3.8) is 0 Å². The number of rotatable bonds is 1. The van der Waals surface area contributed by atoms with E-state index >= 15 is 0 Å². The van der Waals surface area contributed by atoms with E-state index in [2.05, 4.69) is 4.99 Å². The van der Waals surface area contributed by atoms with Gasteiger partial charge in [0.1, 0.15) is 0 Å². The van der Waals surface area contributed by atoms with E-state index in [4.69, 9.17) is 15.4 Å². The molecule has 6 nitrogen and oxygen atoms in total. The van der Waals surface area contributed by atoms with Gasteiger partial charge in [0, 0.05) is 0 Å². The molecule has 0 fully saturated rings. The summed E-state index contributed by atoms with van der Waals surface area (Å²) in [5.41, 5.74) is 0. The third-order valence-electron chi connectivity index (χ3n) is 0.0667. The molecule has 0 atom stereocenters. The highest BCUT2D eigenvalue weighted by molar-refractivity contribution is 3.84. The number of hydrogen-bond donors (Lipinski definition) is 2. The van der Waals surface area contributed by atoms with Crippen molar-refractivity contribution in [2.24, 2.45) is 0 Å². The van der Waals surface area contributed by atoms with Crippen LogP contribution in [0.2, 0.25) is 0 Å². The Labute approximate surface area is 33.0 Å². The molecule has 0 radical (unpaired) electrons. The van der Waals surface area contributed by atoms with Crippen LogP contribution in [0.25, 0.3) is 0 Å². The quantitative estimate of drug-likeness (QED) is 0.267. The van der Waals surface area contributed by atoms with E-state index in [0.717, 1.165) is 0 Å². The molecule has 0 saturated carbocycles. The van der Waals surface area contributed by atoms with Gasteiger partial charge in [-0.05, 0) is 0 Å². The Morgan fingerprint density at radius 3 is 2.00 bits per heavy atom. The van der Waals surface area contributed by atoms with Crippen LogP contribution < -0.4 is 6.15 Å². The lowest BCUT2D eigenvalue weighted by Crippen LogP contribution is -1.92. The predicted molar refractivity (Wildman–Crippen MR) is 15.7 cm³/mol. The van der Waals surface area contributed by atoms with Gasteiger partial charge in [-0.2, -0.15) is 0 Å². The van der Waals surface area contributed by atoms with Gasteiger partial charge in [0.25, 0.3) is 0 Å². The summed E-state index contributed by atoms with van der Waals surface area (Å²) in [6, 6.07) is 0. The number of nitrogens with zero attached hydrogens (tertiary/aromatic N) is 1. The lowest BCUT2D eigenvalue weighted by molar-refractivity contribution is -0.846. The Bertz CT molecular complexity index is 40.8. The van der Waals surface area contributed by atoms with E-state index in [1.165, 1.54) is 0 Å². The molecule has 0 unspecified atom stereocenters. The molecule has 0 spiro atoms. The summed E-state index contributed by atoms with van der Waals surface area (Å²) in [5.74, 6) is 0. The molecule has 0 rings (SSSR count). The highest BCUT2D eigenvalue weighted by Gasteiger charge is 1.80. The molecule has 6 heteroatoms. The molecule has 0 aliphatic rings. The van der Waals surface area contributed by atoms with Crippen LogP contribution in [0.4, 0.5) is 0 Å². The fourth-order valence-corrected chi connectivity index (χ4v) is 0. The molecule has 0 aliphatic carbocycles. The van der Waals surface area contributed by atoms with Crippen molar-refractivity contribution in [3.8, 4) is 0 Å². The average molecular weight is 96.0 g/mol. The summed E-state index contributed by atoms with van der Waals surface area (Å²) in [5, 5.41) is 14.3. The second-order valence-corrected chi connectivity index (χ2v) is 0.305. The third kappa shape index (κ3) is 11.2. The molecule has 0 heterocycles. The predicted octanol–water partition coefficient (Wildman–Crippen LogP) is -0.170. The van der Waals surface area contributed by atoms with Gasteiger partial charge < -0.3 is 6.15 Å². The van der Waals surface area contributed by atoms with E-state index in [1.54, 1.807) is 0 Å². The Hall–Kier alpha value is -0.880. The summed E-state index contributed by atoms with van der Waals surface area (Å²) >= 11 is 0. The second-order valence-electron chi connectivity index (χ2n) is 0.305. The van der Waals surface area contributed by atoms with E-state index in [0.29, 0.717) is 0 Å². The summed E-state index contributed by atoms with van der Waals surface area (Å²) in [4.78, 5) is 11.2. The Morgan fingerprint density at radius 1 is 1.83 bits per heavy atom. The largest absolute Gasteiger partial charge is 0.344 e. The normalized spacial score (nSPS) is 5.50. The SMILES string of the molecule is N.O=[N+]([O-])OO. The monoisotopic (exact) mass is 96.0 g/mol. The molecule has 0 amide bonds. The Kier molecular flexibility index (Phi) is 6.13. The van der Waals surface area contributed by atoms with Gasteiger partial charge in [-0.3, -0.25) is 0 Å². The molecule has 0 aromatic rings. The van der Waals surface area contributed by atoms with Crippen molar-refractivity contribution in [1.82, 2.24) is 6.15 Å². The molecule has 0 aromatic carbocycles. The second kappa shape index (κ2) is 4.12. The van der Waals surface area contributed by atoms with Crippen molar-refractivity contribution >= 4 is 0 Å². The van der Waals surface area contributed by atoms with Crippen molar-refractivity contribution in [1.29, 1.82) is 0 Å². The maximum atomic E-state index is 8.70. The van der Waals surface area contributed by atoms with Crippen molar-refractivity contribution in [2.75, 3.05) is 0 Å². The molecule has 0 saturated heterocycles. The van der Waals surface area contributed by atoms with E-state index < -0.39 is 5.09 Å². The minimum atomic E-state index is -1.32. The molecule has 6 heavy (non-hydrogen) atoms. The maximum absolute atomic E-state index is 8.70. The van der Waals surface area contributed by atoms with Crippen LogP contribution in [-0.2, 0) is 4.99 Å². The third-order valence-corrected chi connectivity index (χ3v) is 0.0667. The highest BCUT2D eigenvalue weighted by atomic mass is 17.3. The minimum absolute atomic E-state index is 0. The van der Waals surface area contributed by atoms with Gasteiger partial charge in [0.15, 0.2) is 0 Å². The molecule has 0 aromatic heterocycles. The van der Waals surface area contributed by atoms with Gasteiger partial charge >= 0.3 is 5.09 Å². The van der Waals surface area contributed by atoms with Gasteiger partial charge in [-0.15, -0.1) is 15.1 Å². The van der Waals surface area contributed by atoms with Gasteiger partial charge in [0.05, 0.1) is 0 Å². The zero-order valence-electron chi connectivity index (χ0n) is 2.83. The van der Waals surface area contributed by atoms with Crippen molar-refractivity contribution in [3.05, 3.63) is 10.1 Å². The fourth-order valence-electron chi connectivity index (χ4n) is 0. The molecule has 0 aliphatic heterocycles. The average Bonchev–Trinajstić information content (AvgIpc) is 1.38. The smallest absolute Gasteiger partial charge is 0.322 e. The summed E-state index contributed by atoms with van der Waals surface area (Å²) in [6.45, 7) is 0. The van der Waals surface area contributed by atoms with Crippen molar-refractivity contribution < 1.29 is 15.3 Å². The first-order valence-corrected chi connectivity index (χ1v) is 0.730. The lowest BCUT2D eigenvalue weighted by atomic mass is 13.1. The van der Waals surface area contributed by atoms with E-state index in [1.807, 2.05) is 0 Å².